The molecule has 2 aromatic carbocycles. The van der Waals surface area contributed by atoms with Gasteiger partial charge >= 0.3 is 5.97 Å². The molecule has 2 heterocycles. The molecular weight excluding hydrogens is 456 g/mol. The fourth-order valence-electron chi connectivity index (χ4n) is 3.31. The second kappa shape index (κ2) is 9.60. The number of hydrogen-bond acceptors (Lipinski definition) is 6. The Hall–Kier alpha value is -4.42. The Morgan fingerprint density at radius 2 is 1.74 bits per heavy atom. The molecule has 0 aliphatic carbocycles. The molecule has 0 unspecified atom stereocenters. The Morgan fingerprint density at radius 1 is 1.06 bits per heavy atom. The minimum Gasteiger partial charge on any atom is -0.452 e. The van der Waals surface area contributed by atoms with E-state index in [2.05, 4.69) is 15.5 Å². The standard InChI is InChI=1S/C24H19ClN6O3/c1-15-22(25)16(2)30(29-15)20-10-8-17(9-11-20)24(33)34-14-21(32)28-23-18(12-26)13-27-31(23)19-6-4-3-5-7-19/h3-11,13H,14H2,1-2H3,(H,28,32). The number of para-hydroxylation sites is 1. The number of esters is 1. The highest BCUT2D eigenvalue weighted by molar-refractivity contribution is 6.31. The number of carbonyl (C=O) groups excluding carboxylic acids is 2. The van der Waals surface area contributed by atoms with E-state index in [0.29, 0.717) is 16.4 Å². The van der Waals surface area contributed by atoms with Gasteiger partial charge in [-0.25, -0.2) is 14.2 Å². The van der Waals surface area contributed by atoms with Crippen molar-refractivity contribution in [3.8, 4) is 17.4 Å². The average molecular weight is 475 g/mol. The minimum absolute atomic E-state index is 0.184. The van der Waals surface area contributed by atoms with E-state index in [1.807, 2.05) is 38.1 Å². The normalized spacial score (nSPS) is 10.5. The van der Waals surface area contributed by atoms with E-state index in [1.54, 1.807) is 41.1 Å². The van der Waals surface area contributed by atoms with Crippen LogP contribution in [0, 0.1) is 25.2 Å². The molecule has 4 rings (SSSR count). The number of hydrogen-bond donors (Lipinski definition) is 1. The quantitative estimate of drug-likeness (QED) is 0.422. The van der Waals surface area contributed by atoms with Crippen molar-refractivity contribution in [2.45, 2.75) is 13.8 Å². The molecule has 2 aromatic heterocycles. The second-order valence-electron chi connectivity index (χ2n) is 7.33. The van der Waals surface area contributed by atoms with Crippen molar-refractivity contribution in [3.05, 3.63) is 88.3 Å². The van der Waals surface area contributed by atoms with Gasteiger partial charge in [0.1, 0.15) is 11.6 Å². The summed E-state index contributed by atoms with van der Waals surface area (Å²) in [6.45, 7) is 3.14. The summed E-state index contributed by atoms with van der Waals surface area (Å²) in [4.78, 5) is 24.9. The first-order valence-corrected chi connectivity index (χ1v) is 10.6. The number of nitrogens with one attached hydrogen (secondary N) is 1. The van der Waals surface area contributed by atoms with Gasteiger partial charge in [-0.05, 0) is 50.2 Å². The molecule has 34 heavy (non-hydrogen) atoms. The van der Waals surface area contributed by atoms with E-state index in [4.69, 9.17) is 16.3 Å². The Bertz CT molecular complexity index is 1400. The van der Waals surface area contributed by atoms with Crippen molar-refractivity contribution < 1.29 is 14.3 Å². The topological polar surface area (TPSA) is 115 Å². The Balaban J connectivity index is 1.41. The Labute approximate surface area is 200 Å². The summed E-state index contributed by atoms with van der Waals surface area (Å²) in [6.07, 6.45) is 1.35. The van der Waals surface area contributed by atoms with E-state index in [1.165, 1.54) is 10.9 Å². The van der Waals surface area contributed by atoms with Crippen LogP contribution in [-0.2, 0) is 9.53 Å². The fraction of sp³-hybridized carbons (Fsp3) is 0.125. The van der Waals surface area contributed by atoms with Crippen molar-refractivity contribution in [1.82, 2.24) is 19.6 Å². The van der Waals surface area contributed by atoms with Crippen LogP contribution in [0.5, 0.6) is 0 Å². The number of amides is 1. The molecule has 0 spiro atoms. The minimum atomic E-state index is -0.662. The van der Waals surface area contributed by atoms with E-state index in [9.17, 15) is 14.9 Å². The maximum atomic E-state index is 12.4. The maximum absolute atomic E-state index is 12.4. The molecule has 0 atom stereocenters. The molecule has 0 aliphatic rings. The first-order valence-electron chi connectivity index (χ1n) is 10.2. The zero-order valence-corrected chi connectivity index (χ0v) is 19.1. The number of aryl methyl sites for hydroxylation is 1. The van der Waals surface area contributed by atoms with E-state index >= 15 is 0 Å². The third kappa shape index (κ3) is 4.53. The van der Waals surface area contributed by atoms with Gasteiger partial charge in [-0.1, -0.05) is 29.8 Å². The van der Waals surface area contributed by atoms with Crippen LogP contribution in [0.2, 0.25) is 5.02 Å². The lowest BCUT2D eigenvalue weighted by atomic mass is 10.2. The second-order valence-corrected chi connectivity index (χ2v) is 7.71. The maximum Gasteiger partial charge on any atom is 0.338 e. The first kappa shape index (κ1) is 22.8. The molecular formula is C24H19ClN6O3. The molecule has 0 bridgehead atoms. The number of benzene rings is 2. The molecule has 9 nitrogen and oxygen atoms in total. The lowest BCUT2D eigenvalue weighted by Crippen LogP contribution is -2.23. The Kier molecular flexibility index (Phi) is 6.43. The summed E-state index contributed by atoms with van der Waals surface area (Å²) in [6, 6.07) is 17.6. The zero-order valence-electron chi connectivity index (χ0n) is 18.3. The third-order valence-electron chi connectivity index (χ3n) is 5.03. The summed E-state index contributed by atoms with van der Waals surface area (Å²) in [5, 5.41) is 21.1. The van der Waals surface area contributed by atoms with Crippen LogP contribution < -0.4 is 5.32 Å². The highest BCUT2D eigenvalue weighted by atomic mass is 35.5. The van der Waals surface area contributed by atoms with Gasteiger partial charge in [0.2, 0.25) is 0 Å². The highest BCUT2D eigenvalue weighted by Crippen LogP contribution is 2.23. The first-order chi connectivity index (χ1) is 16.4. The van der Waals surface area contributed by atoms with Crippen molar-refractivity contribution >= 4 is 29.3 Å². The van der Waals surface area contributed by atoms with Gasteiger partial charge in [0, 0.05) is 0 Å². The zero-order chi connectivity index (χ0) is 24.2. The molecule has 1 N–H and O–H groups in total. The Morgan fingerprint density at radius 3 is 2.35 bits per heavy atom. The van der Waals surface area contributed by atoms with E-state index in [0.717, 1.165) is 11.4 Å². The summed E-state index contributed by atoms with van der Waals surface area (Å²) in [7, 11) is 0. The smallest absolute Gasteiger partial charge is 0.338 e. The molecule has 0 fully saturated rings. The van der Waals surface area contributed by atoms with Gasteiger partial charge in [-0.2, -0.15) is 15.5 Å². The predicted octanol–water partition coefficient (Wildman–Crippen LogP) is 4.00. The van der Waals surface area contributed by atoms with Crippen molar-refractivity contribution in [3.63, 3.8) is 0 Å². The number of rotatable bonds is 6. The number of nitriles is 1. The van der Waals surface area contributed by atoms with Gasteiger partial charge in [-0.15, -0.1) is 0 Å². The van der Waals surface area contributed by atoms with Crippen LogP contribution in [0.15, 0.2) is 60.8 Å². The highest BCUT2D eigenvalue weighted by Gasteiger charge is 2.17. The summed E-state index contributed by atoms with van der Waals surface area (Å²) in [5.41, 5.74) is 3.36. The number of halogens is 1. The van der Waals surface area contributed by atoms with Crippen LogP contribution in [0.4, 0.5) is 5.82 Å². The van der Waals surface area contributed by atoms with Crippen LogP contribution in [0.25, 0.3) is 11.4 Å². The molecule has 10 heteroatoms. The molecule has 1 amide bonds. The van der Waals surface area contributed by atoms with Crippen LogP contribution >= 0.6 is 11.6 Å². The van der Waals surface area contributed by atoms with Crippen LogP contribution in [0.3, 0.4) is 0 Å². The van der Waals surface area contributed by atoms with Crippen LogP contribution in [0.1, 0.15) is 27.3 Å². The van der Waals surface area contributed by atoms with Crippen molar-refractivity contribution in [2.75, 3.05) is 11.9 Å². The van der Waals surface area contributed by atoms with Gasteiger partial charge in [-0.3, -0.25) is 4.79 Å². The molecule has 4 aromatic rings. The van der Waals surface area contributed by atoms with Gasteiger partial charge in [0.25, 0.3) is 5.91 Å². The van der Waals surface area contributed by atoms with E-state index < -0.39 is 18.5 Å². The number of anilines is 1. The molecule has 0 saturated carbocycles. The summed E-state index contributed by atoms with van der Waals surface area (Å²) < 4.78 is 8.26. The summed E-state index contributed by atoms with van der Waals surface area (Å²) >= 11 is 6.20. The number of nitrogens with zero attached hydrogens (tertiary/aromatic N) is 5. The predicted molar refractivity (Wildman–Crippen MR) is 125 cm³/mol. The lowest BCUT2D eigenvalue weighted by Gasteiger charge is -2.10. The largest absolute Gasteiger partial charge is 0.452 e. The average Bonchev–Trinajstić information content (AvgIpc) is 3.38. The number of ether oxygens (including phenoxy) is 1. The van der Waals surface area contributed by atoms with Crippen LogP contribution in [-0.4, -0.2) is 38.0 Å². The van der Waals surface area contributed by atoms with Crippen molar-refractivity contribution in [2.24, 2.45) is 0 Å². The van der Waals surface area contributed by atoms with Gasteiger partial charge in [0.05, 0.1) is 39.5 Å². The van der Waals surface area contributed by atoms with Gasteiger partial charge in [0.15, 0.2) is 12.4 Å². The number of aromatic nitrogens is 4. The van der Waals surface area contributed by atoms with Crippen molar-refractivity contribution in [1.29, 1.82) is 5.26 Å². The SMILES string of the molecule is Cc1nn(-c2ccc(C(=O)OCC(=O)Nc3c(C#N)cnn3-c3ccccc3)cc2)c(C)c1Cl. The van der Waals surface area contributed by atoms with E-state index in [-0.39, 0.29) is 16.9 Å². The molecule has 0 saturated heterocycles. The van der Waals surface area contributed by atoms with Gasteiger partial charge < -0.3 is 10.1 Å². The molecule has 0 aliphatic heterocycles. The monoisotopic (exact) mass is 474 g/mol. The number of carbonyl (C=O) groups is 2. The fourth-order valence-corrected chi connectivity index (χ4v) is 3.43. The molecule has 0 radical (unpaired) electrons. The lowest BCUT2D eigenvalue weighted by molar-refractivity contribution is -0.119. The summed E-state index contributed by atoms with van der Waals surface area (Å²) in [5.74, 6) is -1.07. The molecule has 170 valence electrons. The third-order valence-corrected chi connectivity index (χ3v) is 5.58.